The fourth-order valence-electron chi connectivity index (χ4n) is 2.74. The first-order valence-corrected chi connectivity index (χ1v) is 7.26. The zero-order valence-electron chi connectivity index (χ0n) is 12.7. The van der Waals surface area contributed by atoms with Gasteiger partial charge in [-0.1, -0.05) is 6.92 Å². The number of nitrogens with zero attached hydrogens (tertiary/aromatic N) is 1. The van der Waals surface area contributed by atoms with Crippen molar-refractivity contribution in [3.8, 4) is 0 Å². The van der Waals surface area contributed by atoms with Gasteiger partial charge in [-0.3, -0.25) is 0 Å². The summed E-state index contributed by atoms with van der Waals surface area (Å²) in [5.41, 5.74) is 0.191. The lowest BCUT2D eigenvalue weighted by Crippen LogP contribution is -2.46. The fourth-order valence-corrected chi connectivity index (χ4v) is 2.74. The summed E-state index contributed by atoms with van der Waals surface area (Å²) in [6, 6.07) is 0. The fraction of sp³-hybridized carbons (Fsp3) is 1.00. The van der Waals surface area contributed by atoms with Gasteiger partial charge in [-0.2, -0.15) is 0 Å². The SMILES string of the molecule is CCCNCC1(CN(C)CC(O)COC)CCOC1. The summed E-state index contributed by atoms with van der Waals surface area (Å²) in [6.07, 6.45) is 1.83. The van der Waals surface area contributed by atoms with Crippen LogP contribution in [0.2, 0.25) is 0 Å². The van der Waals surface area contributed by atoms with E-state index in [0.29, 0.717) is 13.2 Å². The zero-order chi connectivity index (χ0) is 14.1. The molecule has 0 aromatic carbocycles. The van der Waals surface area contributed by atoms with E-state index in [2.05, 4.69) is 24.2 Å². The predicted octanol–water partition coefficient (Wildman–Crippen LogP) is 0.332. The minimum atomic E-state index is -0.419. The van der Waals surface area contributed by atoms with Crippen LogP contribution in [0.5, 0.6) is 0 Å². The maximum atomic E-state index is 9.78. The number of ether oxygens (including phenoxy) is 2. The lowest BCUT2D eigenvalue weighted by atomic mass is 9.86. The molecule has 1 rings (SSSR count). The minimum Gasteiger partial charge on any atom is -0.389 e. The highest BCUT2D eigenvalue weighted by molar-refractivity contribution is 4.88. The van der Waals surface area contributed by atoms with Crippen molar-refractivity contribution < 1.29 is 14.6 Å². The smallest absolute Gasteiger partial charge is 0.0899 e. The summed E-state index contributed by atoms with van der Waals surface area (Å²) in [5.74, 6) is 0. The van der Waals surface area contributed by atoms with Crippen LogP contribution < -0.4 is 5.32 Å². The van der Waals surface area contributed by atoms with E-state index in [4.69, 9.17) is 9.47 Å². The highest BCUT2D eigenvalue weighted by atomic mass is 16.5. The lowest BCUT2D eigenvalue weighted by Gasteiger charge is -2.33. The Morgan fingerprint density at radius 3 is 2.89 bits per heavy atom. The van der Waals surface area contributed by atoms with E-state index < -0.39 is 6.10 Å². The molecule has 0 bridgehead atoms. The normalized spacial score (nSPS) is 25.1. The number of likely N-dealkylation sites (N-methyl/N-ethyl adjacent to an activating group) is 1. The van der Waals surface area contributed by atoms with Crippen LogP contribution in [0.15, 0.2) is 0 Å². The second kappa shape index (κ2) is 8.87. The van der Waals surface area contributed by atoms with Gasteiger partial charge in [0.25, 0.3) is 0 Å². The van der Waals surface area contributed by atoms with E-state index in [1.807, 2.05) is 0 Å². The van der Waals surface area contributed by atoms with Crippen molar-refractivity contribution in [2.75, 3.05) is 60.2 Å². The summed E-state index contributed by atoms with van der Waals surface area (Å²) in [6.45, 7) is 7.87. The maximum absolute atomic E-state index is 9.78. The average molecular weight is 274 g/mol. The summed E-state index contributed by atoms with van der Waals surface area (Å²) < 4.78 is 10.6. The molecule has 114 valence electrons. The number of methoxy groups -OCH3 is 1. The van der Waals surface area contributed by atoms with E-state index >= 15 is 0 Å². The molecule has 2 atom stereocenters. The molecule has 0 spiro atoms. The Kier molecular flexibility index (Phi) is 7.87. The van der Waals surface area contributed by atoms with Crippen LogP contribution >= 0.6 is 0 Å². The van der Waals surface area contributed by atoms with Crippen molar-refractivity contribution in [1.29, 1.82) is 0 Å². The molecule has 2 unspecified atom stereocenters. The second-order valence-electron chi connectivity index (χ2n) is 5.79. The molecular formula is C14H30N2O3. The van der Waals surface area contributed by atoms with Gasteiger partial charge in [0.15, 0.2) is 0 Å². The number of hydrogen-bond donors (Lipinski definition) is 2. The molecule has 1 saturated heterocycles. The molecule has 0 aliphatic carbocycles. The number of nitrogens with one attached hydrogen (secondary N) is 1. The van der Waals surface area contributed by atoms with E-state index in [-0.39, 0.29) is 5.41 Å². The van der Waals surface area contributed by atoms with Gasteiger partial charge in [0.05, 0.1) is 19.3 Å². The quantitative estimate of drug-likeness (QED) is 0.562. The Morgan fingerprint density at radius 2 is 2.32 bits per heavy atom. The van der Waals surface area contributed by atoms with Gasteiger partial charge in [-0.25, -0.2) is 0 Å². The third kappa shape index (κ3) is 6.19. The molecule has 0 saturated carbocycles. The summed E-state index contributed by atoms with van der Waals surface area (Å²) in [5, 5.41) is 13.3. The predicted molar refractivity (Wildman–Crippen MR) is 76.4 cm³/mol. The molecule has 1 aliphatic heterocycles. The van der Waals surface area contributed by atoms with E-state index in [9.17, 15) is 5.11 Å². The number of rotatable bonds is 10. The van der Waals surface area contributed by atoms with E-state index in [1.165, 1.54) is 0 Å². The number of hydrogen-bond acceptors (Lipinski definition) is 5. The van der Waals surface area contributed by atoms with Crippen molar-refractivity contribution in [3.63, 3.8) is 0 Å². The number of aliphatic hydroxyl groups is 1. The molecule has 1 fully saturated rings. The standard InChI is InChI=1S/C14H30N2O3/c1-4-6-15-10-14(5-7-19-12-14)11-16(2)8-13(17)9-18-3/h13,15,17H,4-12H2,1-3H3. The topological polar surface area (TPSA) is 54.0 Å². The molecular weight excluding hydrogens is 244 g/mol. The van der Waals surface area contributed by atoms with E-state index in [0.717, 1.165) is 45.7 Å². The maximum Gasteiger partial charge on any atom is 0.0899 e. The van der Waals surface area contributed by atoms with Crippen molar-refractivity contribution in [3.05, 3.63) is 0 Å². The number of aliphatic hydroxyl groups excluding tert-OH is 1. The van der Waals surface area contributed by atoms with Crippen LogP contribution in [-0.4, -0.2) is 76.3 Å². The van der Waals surface area contributed by atoms with E-state index in [1.54, 1.807) is 7.11 Å². The molecule has 1 heterocycles. The third-order valence-corrected chi connectivity index (χ3v) is 3.60. The average Bonchev–Trinajstić information content (AvgIpc) is 2.78. The molecule has 0 aromatic rings. The monoisotopic (exact) mass is 274 g/mol. The first kappa shape index (κ1) is 16.9. The van der Waals surface area contributed by atoms with Crippen molar-refractivity contribution in [1.82, 2.24) is 10.2 Å². The Morgan fingerprint density at radius 1 is 1.53 bits per heavy atom. The van der Waals surface area contributed by atoms with Gasteiger partial charge in [-0.05, 0) is 26.4 Å². The van der Waals surface area contributed by atoms with Gasteiger partial charge >= 0.3 is 0 Å². The highest BCUT2D eigenvalue weighted by Gasteiger charge is 2.35. The molecule has 0 amide bonds. The minimum absolute atomic E-state index is 0.191. The molecule has 1 aliphatic rings. The van der Waals surface area contributed by atoms with Crippen LogP contribution in [0.4, 0.5) is 0 Å². The van der Waals surface area contributed by atoms with Crippen LogP contribution in [-0.2, 0) is 9.47 Å². The van der Waals surface area contributed by atoms with Gasteiger partial charge in [0.1, 0.15) is 0 Å². The first-order chi connectivity index (χ1) is 9.12. The van der Waals surface area contributed by atoms with Gasteiger partial charge in [0, 0.05) is 38.8 Å². The Labute approximate surface area is 117 Å². The van der Waals surface area contributed by atoms with Crippen LogP contribution in [0.1, 0.15) is 19.8 Å². The summed E-state index contributed by atoms with van der Waals surface area (Å²) >= 11 is 0. The van der Waals surface area contributed by atoms with Crippen LogP contribution in [0.25, 0.3) is 0 Å². The molecule has 0 radical (unpaired) electrons. The van der Waals surface area contributed by atoms with Crippen LogP contribution in [0, 0.1) is 5.41 Å². The Hall–Kier alpha value is -0.200. The van der Waals surface area contributed by atoms with Gasteiger partial charge in [0.2, 0.25) is 0 Å². The summed E-state index contributed by atoms with van der Waals surface area (Å²) in [4.78, 5) is 2.19. The molecule has 0 aromatic heterocycles. The third-order valence-electron chi connectivity index (χ3n) is 3.60. The van der Waals surface area contributed by atoms with Crippen molar-refractivity contribution >= 4 is 0 Å². The Bertz CT molecular complexity index is 233. The Balaban J connectivity index is 2.39. The van der Waals surface area contributed by atoms with Gasteiger partial charge in [-0.15, -0.1) is 0 Å². The zero-order valence-corrected chi connectivity index (χ0v) is 12.7. The molecule has 5 nitrogen and oxygen atoms in total. The van der Waals surface area contributed by atoms with Gasteiger partial charge < -0.3 is 24.8 Å². The first-order valence-electron chi connectivity index (χ1n) is 7.26. The molecule has 5 heteroatoms. The van der Waals surface area contributed by atoms with Crippen molar-refractivity contribution in [2.45, 2.75) is 25.9 Å². The molecule has 19 heavy (non-hydrogen) atoms. The summed E-state index contributed by atoms with van der Waals surface area (Å²) in [7, 11) is 3.67. The largest absolute Gasteiger partial charge is 0.389 e. The highest BCUT2D eigenvalue weighted by Crippen LogP contribution is 2.28. The van der Waals surface area contributed by atoms with Crippen molar-refractivity contribution in [2.24, 2.45) is 5.41 Å². The lowest BCUT2D eigenvalue weighted by molar-refractivity contribution is 0.0312. The molecule has 2 N–H and O–H groups in total. The van der Waals surface area contributed by atoms with Crippen LogP contribution in [0.3, 0.4) is 0 Å². The second-order valence-corrected chi connectivity index (χ2v) is 5.79.